The highest BCUT2D eigenvalue weighted by molar-refractivity contribution is 8.25. The fourth-order valence-electron chi connectivity index (χ4n) is 7.61. The molecule has 4 heterocycles. The first-order chi connectivity index (χ1) is 27.2. The largest absolute Gasteiger partial charge is 0.393 e. The van der Waals surface area contributed by atoms with Crippen molar-refractivity contribution >= 4 is 21.2 Å². The molecular formula is C41H72N10O6S2. The van der Waals surface area contributed by atoms with Gasteiger partial charge in [-0.15, -0.1) is 0 Å². The van der Waals surface area contributed by atoms with Gasteiger partial charge in [-0.1, -0.05) is 41.5 Å². The monoisotopic (exact) mass is 865 g/mol. The fourth-order valence-corrected chi connectivity index (χ4v) is 11.2. The van der Waals surface area contributed by atoms with Gasteiger partial charge in [0.05, 0.1) is 23.6 Å². The molecule has 0 radical (unpaired) electrons. The minimum Gasteiger partial charge on any atom is -0.393 e. The number of aromatic nitrogens is 10. The van der Waals surface area contributed by atoms with Crippen LogP contribution in [-0.2, 0) is 39.2 Å². The van der Waals surface area contributed by atoms with Crippen LogP contribution in [0.2, 0.25) is 0 Å². The summed E-state index contributed by atoms with van der Waals surface area (Å²) in [5.74, 6) is 3.15. The topological polar surface area (TPSA) is 229 Å². The number of ether oxygens (including phenoxy) is 1. The Kier molecular flexibility index (Phi) is 14.0. The summed E-state index contributed by atoms with van der Waals surface area (Å²) < 4.78 is 51.4. The van der Waals surface area contributed by atoms with Crippen LogP contribution in [0, 0.1) is 11.8 Å². The van der Waals surface area contributed by atoms with Crippen molar-refractivity contribution in [3.8, 4) is 23.0 Å². The van der Waals surface area contributed by atoms with Gasteiger partial charge in [0.25, 0.3) is 0 Å². The highest BCUT2D eigenvalue weighted by Crippen LogP contribution is 2.60. The Balaban J connectivity index is 0.000000224. The summed E-state index contributed by atoms with van der Waals surface area (Å²) in [6.07, 6.45) is 6.99. The maximum atomic E-state index is 11.1. The van der Waals surface area contributed by atoms with Gasteiger partial charge >= 0.3 is 0 Å². The smallest absolute Gasteiger partial charge is 0.199 e. The van der Waals surface area contributed by atoms with Gasteiger partial charge in [0, 0.05) is 43.5 Å². The maximum absolute atomic E-state index is 11.1. The SMILES string of the molecule is COC1CCC(CS(O)(O)C(C)(C)c2nc(-c3cc(C(C)(C)C)nn3C)n[nH]2)CC1.Cn1nc(C(C)(C)C)cc1-c1n[nH]c(C(C)(C)S(O)(O)CC2CCC(O)CC2)n1. The summed E-state index contributed by atoms with van der Waals surface area (Å²) in [5.41, 5.74) is 3.33. The molecule has 2 aliphatic carbocycles. The molecule has 2 aliphatic rings. The Hall–Kier alpha value is -2.84. The number of methoxy groups -OCH3 is 1. The second-order valence-electron chi connectivity index (χ2n) is 19.8. The minimum atomic E-state index is -2.96. The summed E-state index contributed by atoms with van der Waals surface area (Å²) >= 11 is 0. The Labute approximate surface area is 353 Å². The van der Waals surface area contributed by atoms with Crippen LogP contribution in [0.4, 0.5) is 0 Å². The molecule has 18 heteroatoms. The fraction of sp³-hybridized carbons (Fsp3) is 0.756. The van der Waals surface area contributed by atoms with Crippen LogP contribution in [-0.4, -0.2) is 104 Å². The quantitative estimate of drug-likeness (QED) is 0.0751. The molecule has 4 aromatic rings. The van der Waals surface area contributed by atoms with E-state index in [2.05, 4.69) is 82.1 Å². The Morgan fingerprint density at radius 3 is 1.31 bits per heavy atom. The lowest BCUT2D eigenvalue weighted by Crippen LogP contribution is -2.33. The molecule has 0 saturated heterocycles. The van der Waals surface area contributed by atoms with E-state index in [4.69, 9.17) is 4.74 Å². The van der Waals surface area contributed by atoms with E-state index in [1.165, 1.54) is 0 Å². The lowest BCUT2D eigenvalue weighted by Gasteiger charge is -2.47. The van der Waals surface area contributed by atoms with Crippen LogP contribution >= 0.6 is 21.2 Å². The molecule has 0 amide bonds. The lowest BCUT2D eigenvalue weighted by atomic mass is 9.89. The zero-order valence-corrected chi connectivity index (χ0v) is 39.2. The molecule has 0 atom stereocenters. The van der Waals surface area contributed by atoms with E-state index < -0.39 is 30.7 Å². The van der Waals surface area contributed by atoms with E-state index in [1.54, 1.807) is 30.3 Å². The van der Waals surface area contributed by atoms with Gasteiger partial charge in [-0.25, -0.2) is 9.97 Å². The molecule has 59 heavy (non-hydrogen) atoms. The van der Waals surface area contributed by atoms with Crippen molar-refractivity contribution in [1.29, 1.82) is 0 Å². The summed E-state index contributed by atoms with van der Waals surface area (Å²) in [4.78, 5) is 9.26. The van der Waals surface area contributed by atoms with Crippen LogP contribution in [0.15, 0.2) is 12.1 Å². The molecule has 0 aliphatic heterocycles. The number of aliphatic hydroxyl groups excluding tert-OH is 1. The minimum absolute atomic E-state index is 0.0776. The summed E-state index contributed by atoms with van der Waals surface area (Å²) in [6, 6.07) is 3.97. The summed E-state index contributed by atoms with van der Waals surface area (Å²) in [7, 11) is -0.421. The second kappa shape index (κ2) is 17.5. The molecule has 4 aromatic heterocycles. The van der Waals surface area contributed by atoms with E-state index in [-0.39, 0.29) is 28.8 Å². The van der Waals surface area contributed by atoms with Crippen molar-refractivity contribution in [2.24, 2.45) is 25.9 Å². The number of aromatic amines is 2. The van der Waals surface area contributed by atoms with Crippen LogP contribution in [0.3, 0.4) is 0 Å². The zero-order chi connectivity index (χ0) is 43.9. The number of nitrogens with one attached hydrogen (secondary N) is 2. The maximum Gasteiger partial charge on any atom is 0.199 e. The highest BCUT2D eigenvalue weighted by atomic mass is 32.3. The van der Waals surface area contributed by atoms with Gasteiger partial charge in [-0.3, -0.25) is 37.8 Å². The molecule has 0 unspecified atom stereocenters. The number of hydrogen-bond acceptors (Lipinski definition) is 12. The molecule has 0 spiro atoms. The Morgan fingerprint density at radius 1 is 0.627 bits per heavy atom. The molecule has 0 aromatic carbocycles. The third-order valence-corrected chi connectivity index (χ3v) is 17.9. The van der Waals surface area contributed by atoms with Gasteiger partial charge in [0.1, 0.15) is 32.5 Å². The molecule has 334 valence electrons. The van der Waals surface area contributed by atoms with Crippen LogP contribution in [0.1, 0.15) is 144 Å². The predicted octanol–water partition coefficient (Wildman–Crippen LogP) is 8.73. The number of nitrogens with zero attached hydrogens (tertiary/aromatic N) is 8. The molecule has 2 fully saturated rings. The second-order valence-corrected chi connectivity index (χ2v) is 25.2. The summed E-state index contributed by atoms with van der Waals surface area (Å²) in [6.45, 7) is 19.9. The third kappa shape index (κ3) is 10.6. The van der Waals surface area contributed by atoms with Crippen molar-refractivity contribution in [1.82, 2.24) is 49.9 Å². The molecule has 7 N–H and O–H groups in total. The highest BCUT2D eigenvalue weighted by Gasteiger charge is 2.43. The number of aryl methyl sites for hydroxylation is 2. The van der Waals surface area contributed by atoms with Crippen LogP contribution in [0.25, 0.3) is 23.0 Å². The van der Waals surface area contributed by atoms with E-state index >= 15 is 0 Å². The van der Waals surface area contributed by atoms with E-state index in [9.17, 15) is 23.3 Å². The molecule has 16 nitrogen and oxygen atoms in total. The number of H-pyrrole nitrogens is 2. The van der Waals surface area contributed by atoms with Crippen molar-refractivity contribution in [3.63, 3.8) is 0 Å². The summed E-state index contributed by atoms with van der Waals surface area (Å²) in [5, 5.41) is 33.5. The van der Waals surface area contributed by atoms with E-state index in [1.807, 2.05) is 40.1 Å². The van der Waals surface area contributed by atoms with Gasteiger partial charge in [-0.2, -0.15) is 41.6 Å². The Morgan fingerprint density at radius 2 is 0.983 bits per heavy atom. The normalized spacial score (nSPS) is 21.9. The van der Waals surface area contributed by atoms with Gasteiger partial charge < -0.3 is 9.84 Å². The van der Waals surface area contributed by atoms with Gasteiger partial charge in [0.15, 0.2) is 11.6 Å². The average Bonchev–Trinajstić information content (AvgIpc) is 3.95. The first-order valence-electron chi connectivity index (χ1n) is 20.8. The van der Waals surface area contributed by atoms with E-state index in [0.29, 0.717) is 40.9 Å². The Bertz CT molecular complexity index is 1990. The van der Waals surface area contributed by atoms with Crippen molar-refractivity contribution in [2.45, 2.75) is 153 Å². The molecule has 2 saturated carbocycles. The number of rotatable bonds is 11. The first-order valence-corrected chi connectivity index (χ1v) is 24.3. The zero-order valence-electron chi connectivity index (χ0n) is 37.6. The van der Waals surface area contributed by atoms with Crippen molar-refractivity contribution in [3.05, 3.63) is 35.2 Å². The van der Waals surface area contributed by atoms with Gasteiger partial charge in [-0.05, 0) is 103 Å². The average molecular weight is 865 g/mol. The van der Waals surface area contributed by atoms with E-state index in [0.717, 1.165) is 74.1 Å². The molecule has 0 bridgehead atoms. The molecular weight excluding hydrogens is 793 g/mol. The third-order valence-electron chi connectivity index (χ3n) is 12.4. The standard InChI is InChI=1S/C21H37N5O3S.C20H35N5O3S/c1-20(2,3)17-12-16(26(6)25-17)18-22-19(24-23-18)21(4,5)30(27,28)13-14-8-10-15(29-7)11-9-14;1-19(2,3)16-11-15(25(6)24-16)17-21-18(23-22-17)20(4,5)29(27,28)12-13-7-9-14(26)10-8-13/h12,14-15,27-28H,8-11,13H2,1-7H3,(H,22,23,24);11,13-14,26-28H,7-10,12H2,1-6H3,(H,21,22,23). The number of hydrogen-bond donors (Lipinski definition) is 7. The van der Waals surface area contributed by atoms with Crippen LogP contribution in [0.5, 0.6) is 0 Å². The first kappa shape index (κ1) is 47.2. The van der Waals surface area contributed by atoms with Gasteiger partial charge in [0.2, 0.25) is 0 Å². The van der Waals surface area contributed by atoms with Crippen LogP contribution < -0.4 is 0 Å². The van der Waals surface area contributed by atoms with Crippen molar-refractivity contribution in [2.75, 3.05) is 18.6 Å². The lowest BCUT2D eigenvalue weighted by molar-refractivity contribution is 0.0594. The van der Waals surface area contributed by atoms with Crippen molar-refractivity contribution < 1.29 is 28.1 Å². The number of aliphatic hydroxyl groups is 1. The predicted molar refractivity (Wildman–Crippen MR) is 237 cm³/mol. The molecule has 6 rings (SSSR count).